The molecule has 3 heterocycles. The number of rotatable bonds is 4. The van der Waals surface area contributed by atoms with Crippen molar-refractivity contribution in [2.45, 2.75) is 32.0 Å². The van der Waals surface area contributed by atoms with Crippen molar-refractivity contribution in [1.29, 1.82) is 0 Å². The van der Waals surface area contributed by atoms with Gasteiger partial charge in [0.05, 0.1) is 18.8 Å². The summed E-state index contributed by atoms with van der Waals surface area (Å²) >= 11 is 0. The maximum Gasteiger partial charge on any atom is 0.257 e. The van der Waals surface area contributed by atoms with Gasteiger partial charge < -0.3 is 19.7 Å². The van der Waals surface area contributed by atoms with Crippen LogP contribution in [-0.4, -0.2) is 43.0 Å². The van der Waals surface area contributed by atoms with E-state index in [1.165, 1.54) is 0 Å². The Bertz CT molecular complexity index is 791. The molecule has 4 rings (SSSR count). The van der Waals surface area contributed by atoms with E-state index in [9.17, 15) is 4.79 Å². The number of piperidine rings is 1. The number of amides is 1. The first-order chi connectivity index (χ1) is 13.2. The summed E-state index contributed by atoms with van der Waals surface area (Å²) in [7, 11) is 0. The molecule has 2 aliphatic rings. The highest BCUT2D eigenvalue weighted by molar-refractivity contribution is 6.04. The quantitative estimate of drug-likeness (QED) is 0.899. The number of anilines is 2. The zero-order chi connectivity index (χ0) is 18.7. The van der Waals surface area contributed by atoms with Crippen LogP contribution in [0, 0.1) is 0 Å². The van der Waals surface area contributed by atoms with Gasteiger partial charge in [-0.1, -0.05) is 25.1 Å². The van der Waals surface area contributed by atoms with E-state index in [2.05, 4.69) is 22.1 Å². The summed E-state index contributed by atoms with van der Waals surface area (Å²) in [5.74, 6) is 0.358. The van der Waals surface area contributed by atoms with Gasteiger partial charge in [0.15, 0.2) is 5.79 Å². The van der Waals surface area contributed by atoms with Crippen LogP contribution in [0.3, 0.4) is 0 Å². The molecule has 2 fully saturated rings. The lowest BCUT2D eigenvalue weighted by Crippen LogP contribution is -2.45. The monoisotopic (exact) mass is 367 g/mol. The minimum Gasteiger partial charge on any atom is -0.356 e. The number of carbonyl (C=O) groups excluding carboxylic acids is 1. The highest BCUT2D eigenvalue weighted by atomic mass is 16.7. The van der Waals surface area contributed by atoms with Crippen LogP contribution >= 0.6 is 0 Å². The predicted molar refractivity (Wildman–Crippen MR) is 104 cm³/mol. The fourth-order valence-electron chi connectivity index (χ4n) is 3.71. The van der Waals surface area contributed by atoms with Gasteiger partial charge in [0.2, 0.25) is 0 Å². The largest absolute Gasteiger partial charge is 0.356 e. The molecule has 0 bridgehead atoms. The minimum atomic E-state index is -0.386. The Balaban J connectivity index is 1.39. The van der Waals surface area contributed by atoms with Gasteiger partial charge >= 0.3 is 0 Å². The molecule has 1 aromatic carbocycles. The summed E-state index contributed by atoms with van der Waals surface area (Å²) in [5, 5.41) is 2.98. The van der Waals surface area contributed by atoms with E-state index < -0.39 is 0 Å². The summed E-state index contributed by atoms with van der Waals surface area (Å²) in [6.45, 7) is 5.11. The van der Waals surface area contributed by atoms with Crippen molar-refractivity contribution in [3.05, 3.63) is 53.7 Å². The van der Waals surface area contributed by atoms with Gasteiger partial charge in [0.1, 0.15) is 5.82 Å². The lowest BCUT2D eigenvalue weighted by atomic mass is 10.0. The SMILES string of the molecule is CCc1ccccc1NC(=O)c1ccc(N2CCC3(CC2)OCCO3)nc1. The second kappa shape index (κ2) is 7.66. The molecule has 1 amide bonds. The number of para-hydroxylation sites is 1. The molecule has 1 N–H and O–H groups in total. The summed E-state index contributed by atoms with van der Waals surface area (Å²) in [5.41, 5.74) is 2.53. The van der Waals surface area contributed by atoms with Gasteiger partial charge in [-0.3, -0.25) is 4.79 Å². The molecular formula is C21H25N3O3. The standard InChI is InChI=1S/C21H25N3O3/c1-2-16-5-3-4-6-18(16)23-20(25)17-7-8-19(22-15-17)24-11-9-21(10-12-24)26-13-14-27-21/h3-8,15H,2,9-14H2,1H3,(H,23,25). The molecule has 6 heteroatoms. The van der Waals surface area contributed by atoms with Crippen molar-refractivity contribution >= 4 is 17.4 Å². The second-order valence-electron chi connectivity index (χ2n) is 6.96. The van der Waals surface area contributed by atoms with Crippen molar-refractivity contribution in [1.82, 2.24) is 4.98 Å². The molecule has 2 saturated heterocycles. The average molecular weight is 367 g/mol. The Kier molecular flexibility index (Phi) is 5.09. The molecule has 6 nitrogen and oxygen atoms in total. The van der Waals surface area contributed by atoms with Gasteiger partial charge in [0.25, 0.3) is 5.91 Å². The predicted octanol–water partition coefficient (Wildman–Crippen LogP) is 3.24. The summed E-state index contributed by atoms with van der Waals surface area (Å²) in [6, 6.07) is 11.6. The van der Waals surface area contributed by atoms with E-state index in [0.717, 1.165) is 49.4 Å². The number of nitrogens with one attached hydrogen (secondary N) is 1. The summed E-state index contributed by atoms with van der Waals surface area (Å²) in [6.07, 6.45) is 4.19. The lowest BCUT2D eigenvalue weighted by Gasteiger charge is -2.38. The Hall–Kier alpha value is -2.44. The van der Waals surface area contributed by atoms with Crippen LogP contribution in [0.5, 0.6) is 0 Å². The first-order valence-corrected chi connectivity index (χ1v) is 9.57. The maximum absolute atomic E-state index is 12.5. The van der Waals surface area contributed by atoms with E-state index >= 15 is 0 Å². The Morgan fingerprint density at radius 3 is 2.56 bits per heavy atom. The third kappa shape index (κ3) is 3.82. The number of aromatic nitrogens is 1. The topological polar surface area (TPSA) is 63.7 Å². The number of hydrogen-bond acceptors (Lipinski definition) is 5. The number of benzene rings is 1. The van der Waals surface area contributed by atoms with E-state index in [0.29, 0.717) is 18.8 Å². The zero-order valence-electron chi connectivity index (χ0n) is 15.6. The van der Waals surface area contributed by atoms with Crippen LogP contribution in [0.15, 0.2) is 42.6 Å². The Morgan fingerprint density at radius 2 is 1.89 bits per heavy atom. The van der Waals surface area contributed by atoms with Gasteiger partial charge in [-0.15, -0.1) is 0 Å². The molecule has 0 aliphatic carbocycles. The third-order valence-electron chi connectivity index (χ3n) is 5.32. The van der Waals surface area contributed by atoms with Crippen LogP contribution < -0.4 is 10.2 Å². The van der Waals surface area contributed by atoms with E-state index in [1.807, 2.05) is 36.4 Å². The molecule has 27 heavy (non-hydrogen) atoms. The first-order valence-electron chi connectivity index (χ1n) is 9.57. The fourth-order valence-corrected chi connectivity index (χ4v) is 3.71. The van der Waals surface area contributed by atoms with Crippen LogP contribution in [0.2, 0.25) is 0 Å². The summed E-state index contributed by atoms with van der Waals surface area (Å²) < 4.78 is 11.5. The number of nitrogens with zero attached hydrogens (tertiary/aromatic N) is 2. The van der Waals surface area contributed by atoms with Crippen LogP contribution in [0.25, 0.3) is 0 Å². The molecule has 142 valence electrons. The molecule has 2 aromatic rings. The molecule has 0 atom stereocenters. The van der Waals surface area contributed by atoms with E-state index in [4.69, 9.17) is 9.47 Å². The van der Waals surface area contributed by atoms with Gasteiger partial charge in [-0.2, -0.15) is 0 Å². The number of hydrogen-bond donors (Lipinski definition) is 1. The first kappa shape index (κ1) is 17.9. The molecular weight excluding hydrogens is 342 g/mol. The number of aryl methyl sites for hydroxylation is 1. The fraction of sp³-hybridized carbons (Fsp3) is 0.429. The number of ether oxygens (including phenoxy) is 2. The van der Waals surface area contributed by atoms with Crippen LogP contribution in [-0.2, 0) is 15.9 Å². The second-order valence-corrected chi connectivity index (χ2v) is 6.96. The lowest BCUT2D eigenvalue weighted by molar-refractivity contribution is -0.169. The highest BCUT2D eigenvalue weighted by Gasteiger charge is 2.40. The molecule has 2 aliphatic heterocycles. The Morgan fingerprint density at radius 1 is 1.15 bits per heavy atom. The number of carbonyl (C=O) groups is 1. The maximum atomic E-state index is 12.5. The molecule has 0 radical (unpaired) electrons. The van der Waals surface area contributed by atoms with E-state index in [-0.39, 0.29) is 11.7 Å². The molecule has 1 aromatic heterocycles. The van der Waals surface area contributed by atoms with Crippen molar-refractivity contribution in [3.8, 4) is 0 Å². The van der Waals surface area contributed by atoms with Gasteiger partial charge in [-0.05, 0) is 30.2 Å². The third-order valence-corrected chi connectivity index (χ3v) is 5.32. The van der Waals surface area contributed by atoms with Crippen LogP contribution in [0.4, 0.5) is 11.5 Å². The van der Waals surface area contributed by atoms with Crippen molar-refractivity contribution < 1.29 is 14.3 Å². The van der Waals surface area contributed by atoms with Gasteiger partial charge in [0, 0.05) is 37.8 Å². The molecule has 0 unspecified atom stereocenters. The highest BCUT2D eigenvalue weighted by Crippen LogP contribution is 2.32. The smallest absolute Gasteiger partial charge is 0.257 e. The number of pyridine rings is 1. The van der Waals surface area contributed by atoms with Gasteiger partial charge in [-0.25, -0.2) is 4.98 Å². The normalized spacial score (nSPS) is 18.6. The minimum absolute atomic E-state index is 0.139. The van der Waals surface area contributed by atoms with E-state index in [1.54, 1.807) is 6.20 Å². The van der Waals surface area contributed by atoms with Crippen molar-refractivity contribution in [2.75, 3.05) is 36.5 Å². The Labute approximate surface area is 159 Å². The average Bonchev–Trinajstić information content (AvgIpc) is 3.17. The van der Waals surface area contributed by atoms with Crippen LogP contribution in [0.1, 0.15) is 35.7 Å². The molecule has 1 spiro atoms. The molecule has 0 saturated carbocycles. The van der Waals surface area contributed by atoms with Crippen molar-refractivity contribution in [3.63, 3.8) is 0 Å². The zero-order valence-corrected chi connectivity index (χ0v) is 15.6. The summed E-state index contributed by atoms with van der Waals surface area (Å²) in [4.78, 5) is 19.3. The van der Waals surface area contributed by atoms with Crippen molar-refractivity contribution in [2.24, 2.45) is 0 Å².